The highest BCUT2D eigenvalue weighted by Gasteiger charge is 2.07. The van der Waals surface area contributed by atoms with Crippen molar-refractivity contribution in [2.24, 2.45) is 0 Å². The van der Waals surface area contributed by atoms with E-state index in [2.05, 4.69) is 0 Å². The van der Waals surface area contributed by atoms with Gasteiger partial charge in [-0.1, -0.05) is 17.7 Å². The molecule has 0 aromatic heterocycles. The molecule has 0 aliphatic heterocycles. The van der Waals surface area contributed by atoms with Gasteiger partial charge in [0.25, 0.3) is 9.05 Å². The Labute approximate surface area is 82.4 Å². The first-order valence-electron chi connectivity index (χ1n) is 3.01. The molecule has 0 radical (unpaired) electrons. The first-order chi connectivity index (χ1) is 5.00. The fourth-order valence-corrected chi connectivity index (χ4v) is 1.47. The van der Waals surface area contributed by atoms with Gasteiger partial charge >= 0.3 is 0 Å². The van der Waals surface area contributed by atoms with E-state index in [-0.39, 0.29) is 17.3 Å². The van der Waals surface area contributed by atoms with Gasteiger partial charge in [0, 0.05) is 10.7 Å². The second-order valence-electron chi connectivity index (χ2n) is 2.25. The van der Waals surface area contributed by atoms with E-state index in [0.29, 0.717) is 0 Å². The molecule has 2 nitrogen and oxygen atoms in total. The largest absolute Gasteiger partial charge is 0.261 e. The van der Waals surface area contributed by atoms with Crippen LogP contribution in [-0.4, -0.2) is 8.42 Å². The third kappa shape index (κ3) is 3.01. The molecule has 1 rings (SSSR count). The Kier molecular flexibility index (Phi) is 4.03. The number of hydrogen-bond acceptors (Lipinski definition) is 2. The molecule has 68 valence electrons. The normalized spacial score (nSPS) is 10.5. The summed E-state index contributed by atoms with van der Waals surface area (Å²) >= 11 is 0. The molecule has 0 saturated heterocycles. The molecular formula is C7H8Cl2O2S. The van der Waals surface area contributed by atoms with Crippen molar-refractivity contribution < 1.29 is 8.42 Å². The summed E-state index contributed by atoms with van der Waals surface area (Å²) < 4.78 is 21.4. The third-order valence-electron chi connectivity index (χ3n) is 1.30. The zero-order valence-corrected chi connectivity index (χ0v) is 8.71. The Morgan fingerprint density at radius 1 is 1.17 bits per heavy atom. The number of aryl methyl sites for hydroxylation is 1. The first-order valence-corrected chi connectivity index (χ1v) is 5.32. The molecule has 0 N–H and O–H groups in total. The standard InChI is InChI=1S/C7H7ClO2S.ClH/c1-6-2-4-7(5-3-6)11(8,9)10;/h2-5H,1H3;1H. The lowest BCUT2D eigenvalue weighted by Crippen LogP contribution is -1.89. The van der Waals surface area contributed by atoms with E-state index in [4.69, 9.17) is 10.7 Å². The fourth-order valence-electron chi connectivity index (χ4n) is 0.701. The van der Waals surface area contributed by atoms with Gasteiger partial charge in [-0.25, -0.2) is 8.42 Å². The van der Waals surface area contributed by atoms with E-state index in [1.807, 2.05) is 6.92 Å². The summed E-state index contributed by atoms with van der Waals surface area (Å²) in [6.07, 6.45) is 0. The maximum atomic E-state index is 10.7. The van der Waals surface area contributed by atoms with Gasteiger partial charge < -0.3 is 0 Å². The van der Waals surface area contributed by atoms with Gasteiger partial charge in [0.2, 0.25) is 0 Å². The predicted octanol–water partition coefficient (Wildman–Crippen LogP) is 2.34. The number of benzene rings is 1. The lowest BCUT2D eigenvalue weighted by molar-refractivity contribution is 0.609. The highest BCUT2D eigenvalue weighted by Crippen LogP contribution is 2.14. The van der Waals surface area contributed by atoms with Gasteiger partial charge in [0.1, 0.15) is 0 Å². The lowest BCUT2D eigenvalue weighted by Gasteiger charge is -1.94. The molecule has 1 aromatic carbocycles. The predicted molar refractivity (Wildman–Crippen MR) is 51.5 cm³/mol. The Morgan fingerprint density at radius 3 is 1.92 bits per heavy atom. The minimum atomic E-state index is -3.55. The van der Waals surface area contributed by atoms with Gasteiger partial charge in [-0.05, 0) is 19.1 Å². The highest BCUT2D eigenvalue weighted by molar-refractivity contribution is 8.13. The van der Waals surface area contributed by atoms with Crippen LogP contribution < -0.4 is 0 Å². The maximum absolute atomic E-state index is 10.7. The molecule has 0 unspecified atom stereocenters. The summed E-state index contributed by atoms with van der Waals surface area (Å²) in [6, 6.07) is 6.37. The van der Waals surface area contributed by atoms with Crippen LogP contribution in [0.15, 0.2) is 29.2 Å². The van der Waals surface area contributed by atoms with Crippen molar-refractivity contribution >= 4 is 32.1 Å². The summed E-state index contributed by atoms with van der Waals surface area (Å²) in [4.78, 5) is 0.143. The first kappa shape index (κ1) is 11.8. The zero-order chi connectivity index (χ0) is 8.48. The molecule has 0 amide bonds. The van der Waals surface area contributed by atoms with Gasteiger partial charge in [-0.3, -0.25) is 0 Å². The minimum absolute atomic E-state index is 0. The van der Waals surface area contributed by atoms with E-state index in [1.54, 1.807) is 12.1 Å². The number of hydrogen-bond donors (Lipinski definition) is 0. The number of rotatable bonds is 1. The summed E-state index contributed by atoms with van der Waals surface area (Å²) in [5, 5.41) is 0. The topological polar surface area (TPSA) is 34.1 Å². The summed E-state index contributed by atoms with van der Waals surface area (Å²) in [6.45, 7) is 1.88. The molecule has 12 heavy (non-hydrogen) atoms. The molecule has 0 heterocycles. The van der Waals surface area contributed by atoms with Crippen molar-refractivity contribution in [1.82, 2.24) is 0 Å². The summed E-state index contributed by atoms with van der Waals surface area (Å²) in [7, 11) is 1.54. The van der Waals surface area contributed by atoms with Crippen molar-refractivity contribution in [2.45, 2.75) is 11.8 Å². The Hall–Kier alpha value is -0.250. The van der Waals surface area contributed by atoms with E-state index < -0.39 is 9.05 Å². The molecule has 0 saturated carbocycles. The van der Waals surface area contributed by atoms with Crippen LogP contribution >= 0.6 is 23.1 Å². The van der Waals surface area contributed by atoms with E-state index in [1.165, 1.54) is 12.1 Å². The highest BCUT2D eigenvalue weighted by atomic mass is 35.7. The van der Waals surface area contributed by atoms with E-state index in [0.717, 1.165) is 5.56 Å². The van der Waals surface area contributed by atoms with Crippen LogP contribution in [0.5, 0.6) is 0 Å². The monoisotopic (exact) mass is 226 g/mol. The van der Waals surface area contributed by atoms with Crippen LogP contribution in [0.1, 0.15) is 5.56 Å². The van der Waals surface area contributed by atoms with Crippen molar-refractivity contribution in [1.29, 1.82) is 0 Å². The van der Waals surface area contributed by atoms with Crippen molar-refractivity contribution in [3.05, 3.63) is 29.8 Å². The van der Waals surface area contributed by atoms with Crippen LogP contribution in [0.2, 0.25) is 0 Å². The maximum Gasteiger partial charge on any atom is 0.261 e. The van der Waals surface area contributed by atoms with Crippen LogP contribution in [0, 0.1) is 6.92 Å². The van der Waals surface area contributed by atoms with Crippen LogP contribution in [-0.2, 0) is 9.05 Å². The van der Waals surface area contributed by atoms with Crippen LogP contribution in [0.3, 0.4) is 0 Å². The molecule has 0 aliphatic carbocycles. The Morgan fingerprint density at radius 2 is 1.58 bits per heavy atom. The average Bonchev–Trinajstić information content (AvgIpc) is 1.86. The molecule has 0 fully saturated rings. The average molecular weight is 227 g/mol. The minimum Gasteiger partial charge on any atom is -0.207 e. The van der Waals surface area contributed by atoms with Crippen molar-refractivity contribution in [2.75, 3.05) is 0 Å². The van der Waals surface area contributed by atoms with Gasteiger partial charge in [0.05, 0.1) is 4.90 Å². The van der Waals surface area contributed by atoms with Crippen LogP contribution in [0.25, 0.3) is 0 Å². The van der Waals surface area contributed by atoms with Gasteiger partial charge in [-0.2, -0.15) is 0 Å². The molecule has 0 atom stereocenters. The fraction of sp³-hybridized carbons (Fsp3) is 0.143. The zero-order valence-electron chi connectivity index (χ0n) is 6.32. The summed E-state index contributed by atoms with van der Waals surface area (Å²) in [5.41, 5.74) is 1.01. The number of halogens is 2. The smallest absolute Gasteiger partial charge is 0.207 e. The molecule has 0 spiro atoms. The molecule has 0 bridgehead atoms. The van der Waals surface area contributed by atoms with Crippen molar-refractivity contribution in [3.8, 4) is 0 Å². The second-order valence-corrected chi connectivity index (χ2v) is 4.82. The second kappa shape index (κ2) is 4.12. The molecule has 5 heteroatoms. The van der Waals surface area contributed by atoms with E-state index >= 15 is 0 Å². The van der Waals surface area contributed by atoms with Crippen molar-refractivity contribution in [3.63, 3.8) is 0 Å². The summed E-state index contributed by atoms with van der Waals surface area (Å²) in [5.74, 6) is 0. The molecule has 0 aliphatic rings. The molecule has 1 aromatic rings. The quantitative estimate of drug-likeness (QED) is 0.690. The SMILES string of the molecule is Cc1ccc(S(=O)(=O)Cl)cc1.Cl. The van der Waals surface area contributed by atoms with E-state index in [9.17, 15) is 8.42 Å². The Balaban J connectivity index is 0.00000121. The lowest BCUT2D eigenvalue weighted by atomic mass is 10.2. The van der Waals surface area contributed by atoms with Crippen LogP contribution in [0.4, 0.5) is 0 Å². The van der Waals surface area contributed by atoms with Gasteiger partial charge in [0.15, 0.2) is 0 Å². The molecular weight excluding hydrogens is 219 g/mol. The third-order valence-corrected chi connectivity index (χ3v) is 2.67. The van der Waals surface area contributed by atoms with Gasteiger partial charge in [-0.15, -0.1) is 12.4 Å². The Bertz CT molecular complexity index is 342.